The van der Waals surface area contributed by atoms with Gasteiger partial charge in [-0.3, -0.25) is 9.80 Å². The van der Waals surface area contributed by atoms with Gasteiger partial charge in [-0.25, -0.2) is 19.2 Å². The van der Waals surface area contributed by atoms with Gasteiger partial charge in [-0.1, -0.05) is 73.5 Å². The number of benzene rings is 4. The number of furan rings is 2. The molecule has 0 aliphatic carbocycles. The summed E-state index contributed by atoms with van der Waals surface area (Å²) in [5.74, 6) is -3.07. The van der Waals surface area contributed by atoms with Crippen molar-refractivity contribution in [1.29, 1.82) is 0 Å². The number of hydrogen-bond donors (Lipinski definition) is 6. The highest BCUT2D eigenvalue weighted by Gasteiger charge is 2.33. The number of fused-ring (bicyclic) bond motifs is 2. The van der Waals surface area contributed by atoms with Crippen molar-refractivity contribution in [2.24, 2.45) is 0 Å². The smallest absolute Gasteiger partial charge is 0.342 e. The summed E-state index contributed by atoms with van der Waals surface area (Å²) in [6, 6.07) is 27.5. The van der Waals surface area contributed by atoms with E-state index in [1.807, 2.05) is 60.7 Å². The zero-order chi connectivity index (χ0) is 50.8. The normalized spacial score (nSPS) is 19.3. The Labute approximate surface area is 406 Å². The van der Waals surface area contributed by atoms with Crippen LogP contribution in [-0.2, 0) is 32.2 Å². The lowest BCUT2D eigenvalue weighted by Crippen LogP contribution is -2.43. The number of carbonyl (C=O) groups excluding carboxylic acids is 2. The summed E-state index contributed by atoms with van der Waals surface area (Å²) in [6.07, 6.45) is 2.42. The topological polar surface area (TPSA) is 241 Å². The molecule has 16 heteroatoms. The molecule has 6 N–H and O–H groups in total. The van der Waals surface area contributed by atoms with Gasteiger partial charge in [-0.2, -0.15) is 0 Å². The molecule has 6 aromatic rings. The van der Waals surface area contributed by atoms with E-state index in [4.69, 9.17) is 38.7 Å². The molecule has 16 nitrogen and oxygen atoms in total. The summed E-state index contributed by atoms with van der Waals surface area (Å²) in [7, 11) is 0. The van der Waals surface area contributed by atoms with E-state index >= 15 is 0 Å². The number of nitrogens with zero attached hydrogens (tertiary/aromatic N) is 2. The molecule has 2 aliphatic heterocycles. The van der Waals surface area contributed by atoms with Crippen molar-refractivity contribution in [1.82, 2.24) is 9.80 Å². The van der Waals surface area contributed by atoms with E-state index in [1.54, 1.807) is 38.1 Å². The number of rotatable bonds is 13. The van der Waals surface area contributed by atoms with Crippen molar-refractivity contribution in [2.75, 3.05) is 13.2 Å². The number of piperidine rings is 2. The van der Waals surface area contributed by atoms with Crippen LogP contribution in [0.4, 0.5) is 0 Å². The Morgan fingerprint density at radius 3 is 1.19 bits per heavy atom. The van der Waals surface area contributed by atoms with Crippen molar-refractivity contribution in [3.63, 3.8) is 0 Å². The number of ether oxygens (including phenoxy) is 2. The maximum Gasteiger partial charge on any atom is 0.342 e. The number of carboxylic acids is 2. The summed E-state index contributed by atoms with van der Waals surface area (Å²) in [6.45, 7) is 14.1. The molecule has 2 fully saturated rings. The predicted octanol–water partition coefficient (Wildman–Crippen LogP) is 9.37. The van der Waals surface area contributed by atoms with Crippen molar-refractivity contribution in [3.05, 3.63) is 107 Å². The lowest BCUT2D eigenvalue weighted by atomic mass is 9.95. The van der Waals surface area contributed by atoms with Crippen LogP contribution in [0.2, 0.25) is 0 Å². The molecule has 6 unspecified atom stereocenters. The van der Waals surface area contributed by atoms with Gasteiger partial charge in [-0.15, -0.1) is 0 Å². The number of aliphatic hydroxyl groups is 2. The summed E-state index contributed by atoms with van der Waals surface area (Å²) in [5, 5.41) is 55.4. The lowest BCUT2D eigenvalue weighted by Gasteiger charge is -2.39. The SMILES string of the molecule is CCOC(=O)c1c(-c2ccccc2)oc2ccc(O)c(CN3C(C)CCCC3C)c12.CCOC(=O)c1c(-c2ccccc2)oc2ccc(O)c(CN3C(C)CCCC3C)c12.O=C(O)C(O)C(O)C(=O)O. The molecule has 0 saturated carbocycles. The van der Waals surface area contributed by atoms with Crippen molar-refractivity contribution in [3.8, 4) is 34.1 Å². The fourth-order valence-corrected chi connectivity index (χ4v) is 9.41. The molecule has 6 atom stereocenters. The van der Waals surface area contributed by atoms with Crippen molar-refractivity contribution in [2.45, 2.75) is 130 Å². The number of hydrogen-bond acceptors (Lipinski definition) is 14. The second-order valence-electron chi connectivity index (χ2n) is 17.8. The number of aliphatic hydroxyl groups excluding tert-OH is 2. The second kappa shape index (κ2) is 23.7. The number of aliphatic carboxylic acids is 2. The first kappa shape index (κ1) is 52.6. The third-order valence-corrected chi connectivity index (χ3v) is 13.1. The maximum absolute atomic E-state index is 13.0. The Balaban J connectivity index is 0.000000193. The minimum absolute atomic E-state index is 0.179. The van der Waals surface area contributed by atoms with Crippen LogP contribution < -0.4 is 0 Å². The van der Waals surface area contributed by atoms with Gasteiger partial charge < -0.3 is 48.9 Å². The average molecular weight is 965 g/mol. The molecule has 8 rings (SSSR count). The fourth-order valence-electron chi connectivity index (χ4n) is 9.41. The highest BCUT2D eigenvalue weighted by atomic mass is 16.5. The standard InChI is InChI=1S/2C25H29NO4.C4H6O6/c2*1-4-29-25(28)23-22-19(15-26-16(2)9-8-10-17(26)3)20(27)13-14-21(22)30-24(23)18-11-6-5-7-12-18;5-1(3(7)8)2(6)4(9)10/h2*5-7,11-14,16-17,27H,4,8-10,15H2,1-3H3;1-2,5-6H,(H,7,8)(H,9,10). The first-order valence-corrected chi connectivity index (χ1v) is 23.8. The summed E-state index contributed by atoms with van der Waals surface area (Å²) >= 11 is 0. The minimum atomic E-state index is -2.27. The first-order chi connectivity index (χ1) is 33.5. The third kappa shape index (κ3) is 11.8. The van der Waals surface area contributed by atoms with E-state index in [1.165, 1.54) is 12.8 Å². The van der Waals surface area contributed by atoms with Crippen LogP contribution in [-0.4, -0.2) is 114 Å². The molecule has 0 amide bonds. The van der Waals surface area contributed by atoms with Gasteiger partial charge in [-0.05, 0) is 91.5 Å². The number of carboxylic acid groups (broad SMARTS) is 2. The Morgan fingerprint density at radius 1 is 0.557 bits per heavy atom. The average Bonchev–Trinajstić information content (AvgIpc) is 3.93. The number of phenols is 2. The predicted molar refractivity (Wildman–Crippen MR) is 262 cm³/mol. The van der Waals surface area contributed by atoms with Crippen LogP contribution >= 0.6 is 0 Å². The van der Waals surface area contributed by atoms with E-state index < -0.39 is 36.1 Å². The quantitative estimate of drug-likeness (QED) is 0.0591. The monoisotopic (exact) mass is 964 g/mol. The van der Waals surface area contributed by atoms with E-state index in [0.717, 1.165) is 47.9 Å². The molecule has 2 aromatic heterocycles. The van der Waals surface area contributed by atoms with Crippen LogP contribution in [0.1, 0.15) is 112 Å². The van der Waals surface area contributed by atoms with E-state index in [2.05, 4.69) is 37.5 Å². The van der Waals surface area contributed by atoms with Crippen LogP contribution in [0.15, 0.2) is 93.8 Å². The molecule has 4 heterocycles. The fraction of sp³-hybridized carbons (Fsp3) is 0.407. The molecule has 0 bridgehead atoms. The molecular weight excluding hydrogens is 901 g/mol. The van der Waals surface area contributed by atoms with Gasteiger partial charge in [0.2, 0.25) is 0 Å². The maximum atomic E-state index is 13.0. The highest BCUT2D eigenvalue weighted by Crippen LogP contribution is 2.42. The van der Waals surface area contributed by atoms with Crippen molar-refractivity contribution < 1.29 is 68.1 Å². The number of aromatic hydroxyl groups is 2. The molecule has 2 aliphatic rings. The molecule has 0 spiro atoms. The Kier molecular flexibility index (Phi) is 17.8. The molecule has 70 heavy (non-hydrogen) atoms. The molecule has 4 aromatic carbocycles. The zero-order valence-corrected chi connectivity index (χ0v) is 40.5. The number of phenolic OH excluding ortho intramolecular Hbond substituents is 2. The van der Waals surface area contributed by atoms with Gasteiger partial charge in [0, 0.05) is 70.3 Å². The van der Waals surface area contributed by atoms with E-state index in [0.29, 0.717) is 81.8 Å². The third-order valence-electron chi connectivity index (χ3n) is 13.1. The molecule has 0 radical (unpaired) electrons. The lowest BCUT2D eigenvalue weighted by molar-refractivity contribution is -0.165. The van der Waals surface area contributed by atoms with Gasteiger partial charge in [0.1, 0.15) is 45.3 Å². The van der Waals surface area contributed by atoms with Crippen molar-refractivity contribution >= 4 is 45.8 Å². The highest BCUT2D eigenvalue weighted by molar-refractivity contribution is 6.11. The number of carbonyl (C=O) groups is 4. The van der Waals surface area contributed by atoms with E-state index in [-0.39, 0.29) is 24.7 Å². The largest absolute Gasteiger partial charge is 0.508 e. The summed E-state index contributed by atoms with van der Waals surface area (Å²) in [4.78, 5) is 50.4. The Morgan fingerprint density at radius 2 is 0.886 bits per heavy atom. The Bertz CT molecular complexity index is 2540. The number of esters is 2. The minimum Gasteiger partial charge on any atom is -0.508 e. The number of likely N-dealkylation sites (tertiary alicyclic amines) is 2. The Hall–Kier alpha value is -6.72. The molecule has 2 saturated heterocycles. The van der Waals surface area contributed by atoms with Gasteiger partial charge in [0.25, 0.3) is 0 Å². The molecule has 374 valence electrons. The van der Waals surface area contributed by atoms with Crippen LogP contribution in [0.3, 0.4) is 0 Å². The van der Waals surface area contributed by atoms with Crippen LogP contribution in [0.25, 0.3) is 44.6 Å². The zero-order valence-electron chi connectivity index (χ0n) is 40.5. The van der Waals surface area contributed by atoms with Gasteiger partial charge in [0.05, 0.1) is 13.2 Å². The van der Waals surface area contributed by atoms with Crippen LogP contribution in [0, 0.1) is 0 Å². The summed E-state index contributed by atoms with van der Waals surface area (Å²) in [5.41, 5.74) is 5.01. The molecular formula is C54H64N2O14. The van der Waals surface area contributed by atoms with E-state index in [9.17, 15) is 29.4 Å². The second-order valence-corrected chi connectivity index (χ2v) is 17.8. The summed E-state index contributed by atoms with van der Waals surface area (Å²) < 4.78 is 23.1. The van der Waals surface area contributed by atoms with Gasteiger partial charge >= 0.3 is 23.9 Å². The van der Waals surface area contributed by atoms with Gasteiger partial charge in [0.15, 0.2) is 12.2 Å². The first-order valence-electron chi connectivity index (χ1n) is 23.8. The van der Waals surface area contributed by atoms with Crippen LogP contribution in [0.5, 0.6) is 11.5 Å².